The number of fused-ring (bicyclic) bond motifs is 1. The Hall–Kier alpha value is -1.68. The van der Waals surface area contributed by atoms with Gasteiger partial charge in [-0.05, 0) is 23.6 Å². The largest absolute Gasteiger partial charge is 0.227 e. The highest BCUT2D eigenvalue weighted by Gasteiger charge is 2.03. The zero-order valence-corrected chi connectivity index (χ0v) is 8.11. The summed E-state index contributed by atoms with van der Waals surface area (Å²) < 4.78 is 1.78. The third-order valence-electron chi connectivity index (χ3n) is 2.05. The van der Waals surface area contributed by atoms with Crippen LogP contribution in [0.5, 0.6) is 0 Å². The number of rotatable bonds is 1. The van der Waals surface area contributed by atoms with Crippen molar-refractivity contribution in [1.29, 1.82) is 0 Å². The van der Waals surface area contributed by atoms with Crippen molar-refractivity contribution in [3.05, 3.63) is 41.4 Å². The summed E-state index contributed by atoms with van der Waals surface area (Å²) in [6, 6.07) is 5.90. The summed E-state index contributed by atoms with van der Waals surface area (Å²) in [5, 5.41) is 8.30. The first-order valence-electron chi connectivity index (χ1n) is 4.26. The van der Waals surface area contributed by atoms with Crippen LogP contribution in [0, 0.1) is 0 Å². The van der Waals surface area contributed by atoms with Gasteiger partial charge >= 0.3 is 0 Å². The van der Waals surface area contributed by atoms with Crippen molar-refractivity contribution in [2.75, 3.05) is 0 Å². The molecule has 4 heteroatoms. The normalized spacial score (nSPS) is 10.9. The van der Waals surface area contributed by atoms with Gasteiger partial charge in [0.2, 0.25) is 0 Å². The van der Waals surface area contributed by atoms with E-state index in [4.69, 9.17) is 0 Å². The average Bonchev–Trinajstić information content (AvgIpc) is 2.86. The fourth-order valence-corrected chi connectivity index (χ4v) is 2.03. The number of imidazole rings is 1. The quantitative estimate of drug-likeness (QED) is 0.605. The summed E-state index contributed by atoms with van der Waals surface area (Å²) in [6.45, 7) is 0. The minimum absolute atomic E-state index is 0.883. The first-order chi connectivity index (χ1) is 6.93. The standard InChI is InChI=1S/C10H7N3S/c1-2-10-12-9(6-13(10)11-4-1)8-3-5-14-7-8/h1-7H. The van der Waals surface area contributed by atoms with Crippen LogP contribution in [0.4, 0.5) is 0 Å². The van der Waals surface area contributed by atoms with Crippen molar-refractivity contribution in [2.45, 2.75) is 0 Å². The Morgan fingerprint density at radius 3 is 3.07 bits per heavy atom. The van der Waals surface area contributed by atoms with Crippen molar-refractivity contribution >= 4 is 17.0 Å². The number of hydrogen-bond donors (Lipinski definition) is 0. The van der Waals surface area contributed by atoms with Gasteiger partial charge in [-0.3, -0.25) is 0 Å². The molecule has 0 saturated carbocycles. The maximum absolute atomic E-state index is 4.46. The number of thiophene rings is 1. The molecular weight excluding hydrogens is 194 g/mol. The van der Waals surface area contributed by atoms with Gasteiger partial charge in [-0.1, -0.05) is 0 Å². The van der Waals surface area contributed by atoms with E-state index >= 15 is 0 Å². The van der Waals surface area contributed by atoms with Crippen LogP contribution in [0.1, 0.15) is 0 Å². The van der Waals surface area contributed by atoms with Crippen LogP contribution in [0.3, 0.4) is 0 Å². The van der Waals surface area contributed by atoms with Gasteiger partial charge in [0.25, 0.3) is 0 Å². The molecule has 0 aliphatic heterocycles. The van der Waals surface area contributed by atoms with Gasteiger partial charge in [0.05, 0.1) is 11.9 Å². The summed E-state index contributed by atoms with van der Waals surface area (Å²) in [6.07, 6.45) is 3.70. The molecule has 0 bridgehead atoms. The van der Waals surface area contributed by atoms with E-state index in [0.717, 1.165) is 16.9 Å². The second-order valence-electron chi connectivity index (χ2n) is 2.96. The van der Waals surface area contributed by atoms with E-state index in [9.17, 15) is 0 Å². The lowest BCUT2D eigenvalue weighted by molar-refractivity contribution is 0.936. The third-order valence-corrected chi connectivity index (χ3v) is 2.74. The molecular formula is C10H7N3S. The van der Waals surface area contributed by atoms with Crippen LogP contribution in [0.15, 0.2) is 41.4 Å². The minimum atomic E-state index is 0.883. The Bertz CT molecular complexity index is 521. The predicted molar refractivity (Wildman–Crippen MR) is 56.3 cm³/mol. The molecule has 0 aliphatic carbocycles. The lowest BCUT2D eigenvalue weighted by atomic mass is 10.3. The van der Waals surface area contributed by atoms with Crippen LogP contribution < -0.4 is 0 Å². The molecule has 68 valence electrons. The summed E-state index contributed by atoms with van der Waals surface area (Å²) >= 11 is 1.67. The van der Waals surface area contributed by atoms with Gasteiger partial charge in [-0.15, -0.1) is 0 Å². The SMILES string of the molecule is c1cnn2cc(-c3ccsc3)nc2c1. The van der Waals surface area contributed by atoms with Crippen LogP contribution in [-0.4, -0.2) is 14.6 Å². The minimum Gasteiger partial charge on any atom is -0.227 e. The molecule has 0 radical (unpaired) electrons. The fraction of sp³-hybridized carbons (Fsp3) is 0. The highest BCUT2D eigenvalue weighted by atomic mass is 32.1. The Balaban J connectivity index is 2.24. The second-order valence-corrected chi connectivity index (χ2v) is 3.74. The van der Waals surface area contributed by atoms with E-state index < -0.39 is 0 Å². The molecule has 3 heterocycles. The zero-order chi connectivity index (χ0) is 9.38. The van der Waals surface area contributed by atoms with Crippen LogP contribution in [0.25, 0.3) is 16.9 Å². The maximum atomic E-state index is 4.46. The molecule has 3 aromatic rings. The summed E-state index contributed by atoms with van der Waals surface area (Å²) in [7, 11) is 0. The molecule has 3 aromatic heterocycles. The van der Waals surface area contributed by atoms with Gasteiger partial charge in [-0.2, -0.15) is 16.4 Å². The number of aromatic nitrogens is 3. The predicted octanol–water partition coefficient (Wildman–Crippen LogP) is 2.46. The smallest absolute Gasteiger partial charge is 0.154 e. The number of nitrogens with zero attached hydrogens (tertiary/aromatic N) is 3. The third kappa shape index (κ3) is 1.12. The topological polar surface area (TPSA) is 30.2 Å². The van der Waals surface area contributed by atoms with Crippen molar-refractivity contribution in [3.8, 4) is 11.3 Å². The van der Waals surface area contributed by atoms with Gasteiger partial charge < -0.3 is 0 Å². The molecule has 0 amide bonds. The Morgan fingerprint density at radius 1 is 1.29 bits per heavy atom. The summed E-state index contributed by atoms with van der Waals surface area (Å²) in [5.41, 5.74) is 3.01. The highest BCUT2D eigenvalue weighted by Crippen LogP contribution is 2.20. The molecule has 0 aliphatic rings. The molecule has 3 nitrogen and oxygen atoms in total. The van der Waals surface area contributed by atoms with E-state index in [1.165, 1.54) is 0 Å². The van der Waals surface area contributed by atoms with Gasteiger partial charge in [-0.25, -0.2) is 9.50 Å². The summed E-state index contributed by atoms with van der Waals surface area (Å²) in [5.74, 6) is 0. The van der Waals surface area contributed by atoms with Crippen molar-refractivity contribution < 1.29 is 0 Å². The molecule has 14 heavy (non-hydrogen) atoms. The molecule has 0 spiro atoms. The number of hydrogen-bond acceptors (Lipinski definition) is 3. The van der Waals surface area contributed by atoms with E-state index in [1.54, 1.807) is 22.0 Å². The van der Waals surface area contributed by atoms with Crippen LogP contribution in [-0.2, 0) is 0 Å². The molecule has 0 saturated heterocycles. The van der Waals surface area contributed by atoms with Crippen LogP contribution >= 0.6 is 11.3 Å². The van der Waals surface area contributed by atoms with Crippen molar-refractivity contribution in [1.82, 2.24) is 14.6 Å². The van der Waals surface area contributed by atoms with Gasteiger partial charge in [0, 0.05) is 17.1 Å². The van der Waals surface area contributed by atoms with E-state index in [0.29, 0.717) is 0 Å². The Morgan fingerprint density at radius 2 is 2.29 bits per heavy atom. The zero-order valence-electron chi connectivity index (χ0n) is 7.29. The fourth-order valence-electron chi connectivity index (χ4n) is 1.38. The van der Waals surface area contributed by atoms with E-state index in [1.807, 2.05) is 23.7 Å². The summed E-state index contributed by atoms with van der Waals surface area (Å²) in [4.78, 5) is 4.46. The first-order valence-corrected chi connectivity index (χ1v) is 5.21. The monoisotopic (exact) mass is 201 g/mol. The maximum Gasteiger partial charge on any atom is 0.154 e. The Labute approximate surface area is 84.7 Å². The molecule has 0 N–H and O–H groups in total. The molecule has 3 rings (SSSR count). The van der Waals surface area contributed by atoms with E-state index in [2.05, 4.69) is 21.5 Å². The van der Waals surface area contributed by atoms with Gasteiger partial charge in [0.1, 0.15) is 0 Å². The van der Waals surface area contributed by atoms with Crippen molar-refractivity contribution in [2.24, 2.45) is 0 Å². The first kappa shape index (κ1) is 7.70. The van der Waals surface area contributed by atoms with Gasteiger partial charge in [0.15, 0.2) is 5.65 Å². The average molecular weight is 201 g/mol. The van der Waals surface area contributed by atoms with Crippen molar-refractivity contribution in [3.63, 3.8) is 0 Å². The lowest BCUT2D eigenvalue weighted by Crippen LogP contribution is -1.85. The second kappa shape index (κ2) is 2.92. The van der Waals surface area contributed by atoms with Crippen LogP contribution in [0.2, 0.25) is 0 Å². The molecule has 0 aromatic carbocycles. The lowest BCUT2D eigenvalue weighted by Gasteiger charge is -1.85. The molecule has 0 atom stereocenters. The molecule has 0 fully saturated rings. The Kier molecular flexibility index (Phi) is 1.61. The highest BCUT2D eigenvalue weighted by molar-refractivity contribution is 7.08. The van der Waals surface area contributed by atoms with E-state index in [-0.39, 0.29) is 0 Å². The molecule has 0 unspecified atom stereocenters.